The van der Waals surface area contributed by atoms with Crippen LogP contribution in [0.4, 0.5) is 17.6 Å². The van der Waals surface area contributed by atoms with Crippen LogP contribution in [0.15, 0.2) is 36.7 Å². The van der Waals surface area contributed by atoms with E-state index in [1.165, 1.54) is 4.90 Å². The first-order valence-electron chi connectivity index (χ1n) is 11.5. The molecular formula is C24H27F4N5O. The van der Waals surface area contributed by atoms with Crippen molar-refractivity contribution >= 4 is 10.9 Å². The Hall–Kier alpha value is -2.72. The summed E-state index contributed by atoms with van der Waals surface area (Å²) in [5, 5.41) is 7.98. The second-order valence-corrected chi connectivity index (χ2v) is 9.25. The number of pyridine rings is 1. The lowest BCUT2D eigenvalue weighted by atomic mass is 9.85. The van der Waals surface area contributed by atoms with Gasteiger partial charge in [-0.15, -0.1) is 0 Å². The van der Waals surface area contributed by atoms with Gasteiger partial charge in [0.1, 0.15) is 12.4 Å². The number of benzene rings is 1. The van der Waals surface area contributed by atoms with Crippen LogP contribution in [0.5, 0.6) is 5.75 Å². The van der Waals surface area contributed by atoms with Gasteiger partial charge >= 0.3 is 6.18 Å². The summed E-state index contributed by atoms with van der Waals surface area (Å²) in [7, 11) is 0. The maximum absolute atomic E-state index is 13.5. The lowest BCUT2D eigenvalue weighted by Gasteiger charge is -2.42. The van der Waals surface area contributed by atoms with Gasteiger partial charge in [0, 0.05) is 37.0 Å². The summed E-state index contributed by atoms with van der Waals surface area (Å²) in [4.78, 5) is 8.12. The lowest BCUT2D eigenvalue weighted by molar-refractivity contribution is -0.155. The zero-order valence-electron chi connectivity index (χ0n) is 18.9. The van der Waals surface area contributed by atoms with Crippen LogP contribution in [-0.2, 0) is 6.42 Å². The number of ether oxygens (including phenoxy) is 1. The Bertz CT molecular complexity index is 1130. The Morgan fingerprint density at radius 1 is 1.15 bits per heavy atom. The molecule has 10 heteroatoms. The number of hydrogen-bond acceptors (Lipinski definition) is 5. The molecule has 5 rings (SSSR count). The minimum atomic E-state index is -4.33. The van der Waals surface area contributed by atoms with E-state index in [2.05, 4.69) is 20.1 Å². The number of rotatable bonds is 7. The third-order valence-electron chi connectivity index (χ3n) is 6.79. The average molecular weight is 478 g/mol. The first-order chi connectivity index (χ1) is 16.3. The number of H-pyrrole nitrogens is 1. The van der Waals surface area contributed by atoms with Gasteiger partial charge in [0.05, 0.1) is 42.9 Å². The summed E-state index contributed by atoms with van der Waals surface area (Å²) in [6.45, 7) is 3.15. The van der Waals surface area contributed by atoms with Crippen LogP contribution in [0, 0.1) is 5.92 Å². The SMILES string of the molecule is C[C@@H]1Cc2c(ccc3[nH]ncc23)C(c2ccc(OCCN3CC(CF)C3)cn2)N1CC(F)(F)F. The number of nitrogens with one attached hydrogen (secondary N) is 1. The van der Waals surface area contributed by atoms with Crippen molar-refractivity contribution in [3.05, 3.63) is 53.5 Å². The molecule has 2 atom stereocenters. The van der Waals surface area contributed by atoms with Crippen molar-refractivity contribution in [1.82, 2.24) is 25.0 Å². The quantitative estimate of drug-likeness (QED) is 0.519. The van der Waals surface area contributed by atoms with Crippen LogP contribution in [-0.4, -0.2) is 76.7 Å². The number of halogens is 4. The molecule has 1 N–H and O–H groups in total. The molecule has 2 aliphatic rings. The first-order valence-corrected chi connectivity index (χ1v) is 11.5. The van der Waals surface area contributed by atoms with E-state index in [9.17, 15) is 17.6 Å². The van der Waals surface area contributed by atoms with Gasteiger partial charge in [-0.25, -0.2) is 0 Å². The van der Waals surface area contributed by atoms with Crippen LogP contribution in [0.3, 0.4) is 0 Å². The Labute approximate surface area is 194 Å². The Balaban J connectivity index is 1.38. The van der Waals surface area contributed by atoms with Crippen molar-refractivity contribution in [2.75, 3.05) is 39.5 Å². The van der Waals surface area contributed by atoms with Crippen molar-refractivity contribution in [1.29, 1.82) is 0 Å². The molecule has 3 aromatic rings. The highest BCUT2D eigenvalue weighted by Crippen LogP contribution is 2.41. The van der Waals surface area contributed by atoms with E-state index in [1.807, 2.05) is 19.1 Å². The number of likely N-dealkylation sites (tertiary alicyclic amines) is 1. The third-order valence-corrected chi connectivity index (χ3v) is 6.79. The molecule has 0 saturated carbocycles. The molecule has 0 bridgehead atoms. The minimum Gasteiger partial charge on any atom is -0.491 e. The van der Waals surface area contributed by atoms with Crippen molar-refractivity contribution in [3.63, 3.8) is 0 Å². The van der Waals surface area contributed by atoms with E-state index in [1.54, 1.807) is 24.5 Å². The Kier molecular flexibility index (Phi) is 6.20. The molecule has 0 radical (unpaired) electrons. The molecule has 1 aromatic carbocycles. The first kappa shape index (κ1) is 23.0. The van der Waals surface area contributed by atoms with Crippen LogP contribution in [0.2, 0.25) is 0 Å². The molecule has 0 amide bonds. The number of alkyl halides is 4. The van der Waals surface area contributed by atoms with Gasteiger partial charge in [0.2, 0.25) is 0 Å². The molecule has 6 nitrogen and oxygen atoms in total. The van der Waals surface area contributed by atoms with E-state index >= 15 is 0 Å². The normalized spacial score (nSPS) is 22.0. The predicted octanol–water partition coefficient (Wildman–Crippen LogP) is 4.14. The van der Waals surface area contributed by atoms with E-state index in [0.29, 0.717) is 31.0 Å². The second kappa shape index (κ2) is 9.14. The molecule has 0 spiro atoms. The summed E-state index contributed by atoms with van der Waals surface area (Å²) in [5.41, 5.74) is 3.23. The predicted molar refractivity (Wildman–Crippen MR) is 120 cm³/mol. The van der Waals surface area contributed by atoms with Gasteiger partial charge in [-0.1, -0.05) is 6.07 Å². The van der Waals surface area contributed by atoms with Crippen molar-refractivity contribution < 1.29 is 22.3 Å². The third kappa shape index (κ3) is 4.61. The highest BCUT2D eigenvalue weighted by molar-refractivity contribution is 5.83. The summed E-state index contributed by atoms with van der Waals surface area (Å²) in [6.07, 6.45) is -0.531. The van der Waals surface area contributed by atoms with Gasteiger partial charge in [0.25, 0.3) is 0 Å². The fraction of sp³-hybridized carbons (Fsp3) is 0.500. The topological polar surface area (TPSA) is 57.3 Å². The number of aromatic nitrogens is 3. The molecule has 2 aromatic heterocycles. The monoisotopic (exact) mass is 477 g/mol. The van der Waals surface area contributed by atoms with Gasteiger partial charge in [-0.3, -0.25) is 24.3 Å². The summed E-state index contributed by atoms with van der Waals surface area (Å²) >= 11 is 0. The van der Waals surface area contributed by atoms with Crippen molar-refractivity contribution in [2.45, 2.75) is 31.6 Å². The van der Waals surface area contributed by atoms with Crippen molar-refractivity contribution in [3.8, 4) is 5.75 Å². The van der Waals surface area contributed by atoms with Gasteiger partial charge < -0.3 is 4.74 Å². The fourth-order valence-electron chi connectivity index (χ4n) is 5.09. The van der Waals surface area contributed by atoms with Gasteiger partial charge in [-0.05, 0) is 42.7 Å². The molecule has 182 valence electrons. The average Bonchev–Trinajstić information content (AvgIpc) is 3.25. The zero-order chi connectivity index (χ0) is 23.9. The van der Waals surface area contributed by atoms with Crippen LogP contribution < -0.4 is 4.74 Å². The molecule has 2 aliphatic heterocycles. The van der Waals surface area contributed by atoms with Crippen LogP contribution >= 0.6 is 0 Å². The largest absolute Gasteiger partial charge is 0.491 e. The summed E-state index contributed by atoms with van der Waals surface area (Å²) < 4.78 is 58.8. The Morgan fingerprint density at radius 3 is 2.68 bits per heavy atom. The molecule has 1 fully saturated rings. The maximum atomic E-state index is 13.5. The molecular weight excluding hydrogens is 450 g/mol. The van der Waals surface area contributed by atoms with Gasteiger partial charge in [-0.2, -0.15) is 18.3 Å². The fourth-order valence-corrected chi connectivity index (χ4v) is 5.09. The van der Waals surface area contributed by atoms with E-state index < -0.39 is 18.8 Å². The van der Waals surface area contributed by atoms with Crippen LogP contribution in [0.1, 0.15) is 29.8 Å². The summed E-state index contributed by atoms with van der Waals surface area (Å²) in [6, 6.07) is 6.27. The number of fused-ring (bicyclic) bond motifs is 3. The van der Waals surface area contributed by atoms with Gasteiger partial charge in [0.15, 0.2) is 0 Å². The zero-order valence-corrected chi connectivity index (χ0v) is 18.9. The van der Waals surface area contributed by atoms with Crippen molar-refractivity contribution in [2.24, 2.45) is 5.92 Å². The smallest absolute Gasteiger partial charge is 0.401 e. The minimum absolute atomic E-state index is 0.129. The molecule has 1 unspecified atom stereocenters. The standard InChI is InChI=1S/C24H27F4N5O/c1-15-8-19-18(3-5-21-20(19)11-30-31-21)23(33(15)14-24(26,27)28)22-4-2-17(10-29-22)34-7-6-32-12-16(9-25)13-32/h2-5,10-11,15-16,23H,6-9,12-14H2,1H3,(H,30,31)/t15-,23?/m1/s1. The Morgan fingerprint density at radius 2 is 1.97 bits per heavy atom. The molecule has 34 heavy (non-hydrogen) atoms. The summed E-state index contributed by atoms with van der Waals surface area (Å²) in [5.74, 6) is 0.688. The second-order valence-electron chi connectivity index (χ2n) is 9.25. The molecule has 4 heterocycles. The highest BCUT2D eigenvalue weighted by atomic mass is 19.4. The highest BCUT2D eigenvalue weighted by Gasteiger charge is 2.41. The molecule has 1 saturated heterocycles. The number of nitrogens with zero attached hydrogens (tertiary/aromatic N) is 4. The van der Waals surface area contributed by atoms with E-state index in [-0.39, 0.29) is 18.6 Å². The lowest BCUT2D eigenvalue weighted by Crippen LogP contribution is -2.49. The van der Waals surface area contributed by atoms with E-state index in [4.69, 9.17) is 4.74 Å². The molecule has 0 aliphatic carbocycles. The van der Waals surface area contributed by atoms with Crippen LogP contribution in [0.25, 0.3) is 10.9 Å². The number of aromatic amines is 1. The van der Waals surface area contributed by atoms with E-state index in [0.717, 1.165) is 35.1 Å². The number of hydrogen-bond donors (Lipinski definition) is 1. The maximum Gasteiger partial charge on any atom is 0.401 e.